The molecule has 1 aromatic rings. The quantitative estimate of drug-likeness (QED) is 0.696. The molecule has 0 unspecified atom stereocenters. The Morgan fingerprint density at radius 3 is 2.54 bits per heavy atom. The summed E-state index contributed by atoms with van der Waals surface area (Å²) in [5.74, 6) is -0.207. The van der Waals surface area contributed by atoms with Gasteiger partial charge < -0.3 is 14.9 Å². The zero-order valence-corrected chi connectivity index (χ0v) is 14.7. The van der Waals surface area contributed by atoms with E-state index in [4.69, 9.17) is 9.84 Å². The molecule has 0 spiro atoms. The number of rotatable bonds is 8. The molecule has 24 heavy (non-hydrogen) atoms. The Bertz CT molecular complexity index is 628. The molecule has 2 N–H and O–H groups in total. The maximum Gasteiger partial charge on any atom is 0.178 e. The van der Waals surface area contributed by atoms with E-state index in [-0.39, 0.29) is 36.4 Å². The van der Waals surface area contributed by atoms with Gasteiger partial charge in [-0.15, -0.1) is 6.58 Å². The molecule has 134 valence electrons. The molecular weight excluding hydrogens is 328 g/mol. The number of aliphatic hydroxyl groups is 2. The van der Waals surface area contributed by atoms with Crippen molar-refractivity contribution in [3.63, 3.8) is 0 Å². The maximum absolute atomic E-state index is 12.7. The summed E-state index contributed by atoms with van der Waals surface area (Å²) in [5, 5.41) is 18.7. The van der Waals surface area contributed by atoms with Gasteiger partial charge in [-0.05, 0) is 24.5 Å². The molecule has 5 nitrogen and oxygen atoms in total. The van der Waals surface area contributed by atoms with E-state index in [1.54, 1.807) is 36.4 Å². The summed E-state index contributed by atoms with van der Waals surface area (Å²) in [6.07, 6.45) is 1.22. The summed E-state index contributed by atoms with van der Waals surface area (Å²) in [7, 11) is -3.41. The van der Waals surface area contributed by atoms with Crippen LogP contribution in [-0.2, 0) is 14.6 Å². The summed E-state index contributed by atoms with van der Waals surface area (Å²) in [4.78, 5) is 0.313. The van der Waals surface area contributed by atoms with Crippen molar-refractivity contribution in [1.29, 1.82) is 0 Å². The Morgan fingerprint density at radius 2 is 1.96 bits per heavy atom. The molecule has 1 heterocycles. The maximum atomic E-state index is 12.7. The molecule has 0 aliphatic carbocycles. The second kappa shape index (κ2) is 8.25. The van der Waals surface area contributed by atoms with Crippen LogP contribution in [0.25, 0.3) is 0 Å². The predicted molar refractivity (Wildman–Crippen MR) is 92.3 cm³/mol. The Kier molecular flexibility index (Phi) is 6.57. The molecule has 1 aliphatic heterocycles. The molecular formula is C18H26O5S. The molecule has 0 amide bonds. The van der Waals surface area contributed by atoms with Crippen LogP contribution in [0.2, 0.25) is 0 Å². The van der Waals surface area contributed by atoms with E-state index in [0.717, 1.165) is 0 Å². The van der Waals surface area contributed by atoms with Gasteiger partial charge in [0.1, 0.15) is 0 Å². The fraction of sp³-hybridized carbons (Fsp3) is 0.556. The summed E-state index contributed by atoms with van der Waals surface area (Å²) >= 11 is 0. The van der Waals surface area contributed by atoms with Crippen LogP contribution in [0.5, 0.6) is 0 Å². The molecule has 0 aromatic heterocycles. The summed E-state index contributed by atoms with van der Waals surface area (Å²) in [5.41, 5.74) is 0. The molecule has 6 heteroatoms. The number of sulfone groups is 1. The second-order valence-electron chi connectivity index (χ2n) is 6.43. The molecule has 1 aromatic carbocycles. The Labute approximate surface area is 143 Å². The predicted octanol–water partition coefficient (Wildman–Crippen LogP) is 1.80. The fourth-order valence-corrected chi connectivity index (χ4v) is 5.10. The lowest BCUT2D eigenvalue weighted by Crippen LogP contribution is -2.29. The first-order chi connectivity index (χ1) is 11.4. The first kappa shape index (κ1) is 19.1. The van der Waals surface area contributed by atoms with E-state index in [1.165, 1.54) is 0 Å². The molecule has 1 fully saturated rings. The van der Waals surface area contributed by atoms with Gasteiger partial charge in [0.05, 0.1) is 35.6 Å². The van der Waals surface area contributed by atoms with E-state index in [0.29, 0.717) is 17.7 Å². The van der Waals surface area contributed by atoms with Crippen LogP contribution in [-0.4, -0.2) is 49.3 Å². The molecule has 2 rings (SSSR count). The van der Waals surface area contributed by atoms with Gasteiger partial charge in [-0.3, -0.25) is 0 Å². The van der Waals surface area contributed by atoms with Crippen molar-refractivity contribution in [3.8, 4) is 0 Å². The smallest absolute Gasteiger partial charge is 0.178 e. The molecule has 5 atom stereocenters. The average molecular weight is 354 g/mol. The summed E-state index contributed by atoms with van der Waals surface area (Å²) in [6, 6.07) is 8.41. The van der Waals surface area contributed by atoms with Crippen LogP contribution in [0.3, 0.4) is 0 Å². The third-order valence-electron chi connectivity index (χ3n) is 4.72. The number of aliphatic hydroxyl groups excluding tert-OH is 2. The fourth-order valence-electron chi connectivity index (χ4n) is 3.31. The van der Waals surface area contributed by atoms with Crippen molar-refractivity contribution in [3.05, 3.63) is 43.0 Å². The Balaban J connectivity index is 2.18. The van der Waals surface area contributed by atoms with Crippen LogP contribution in [0.4, 0.5) is 0 Å². The van der Waals surface area contributed by atoms with Gasteiger partial charge in [0.25, 0.3) is 0 Å². The molecule has 0 radical (unpaired) electrons. The lowest BCUT2D eigenvalue weighted by Gasteiger charge is -2.21. The van der Waals surface area contributed by atoms with Crippen molar-refractivity contribution < 1.29 is 23.4 Å². The van der Waals surface area contributed by atoms with Crippen molar-refractivity contribution in [2.75, 3.05) is 12.4 Å². The molecule has 1 saturated heterocycles. The topological polar surface area (TPSA) is 83.8 Å². The van der Waals surface area contributed by atoms with Crippen molar-refractivity contribution in [1.82, 2.24) is 0 Å². The van der Waals surface area contributed by atoms with Gasteiger partial charge in [-0.2, -0.15) is 0 Å². The Hall–Kier alpha value is -1.21. The van der Waals surface area contributed by atoms with E-state index < -0.39 is 15.9 Å². The van der Waals surface area contributed by atoms with Gasteiger partial charge in [0.2, 0.25) is 0 Å². The van der Waals surface area contributed by atoms with Crippen LogP contribution < -0.4 is 0 Å². The minimum Gasteiger partial charge on any atom is -0.394 e. The van der Waals surface area contributed by atoms with Crippen LogP contribution in [0, 0.1) is 11.8 Å². The van der Waals surface area contributed by atoms with E-state index in [1.807, 2.05) is 6.92 Å². The number of hydrogen-bond acceptors (Lipinski definition) is 5. The van der Waals surface area contributed by atoms with Crippen molar-refractivity contribution in [2.24, 2.45) is 11.8 Å². The van der Waals surface area contributed by atoms with Crippen LogP contribution >= 0.6 is 0 Å². The third-order valence-corrected chi connectivity index (χ3v) is 6.53. The van der Waals surface area contributed by atoms with Gasteiger partial charge in [-0.25, -0.2) is 8.42 Å². The number of benzene rings is 1. The third kappa shape index (κ3) is 4.45. The highest BCUT2D eigenvalue weighted by molar-refractivity contribution is 7.91. The highest BCUT2D eigenvalue weighted by atomic mass is 32.2. The van der Waals surface area contributed by atoms with Crippen LogP contribution in [0.1, 0.15) is 19.8 Å². The van der Waals surface area contributed by atoms with Crippen molar-refractivity contribution >= 4 is 9.84 Å². The Morgan fingerprint density at radius 1 is 1.29 bits per heavy atom. The van der Waals surface area contributed by atoms with Gasteiger partial charge in [0, 0.05) is 12.3 Å². The van der Waals surface area contributed by atoms with E-state index >= 15 is 0 Å². The zero-order valence-electron chi connectivity index (χ0n) is 13.9. The van der Waals surface area contributed by atoms with Crippen molar-refractivity contribution in [2.45, 2.75) is 43.0 Å². The lowest BCUT2D eigenvalue weighted by molar-refractivity contribution is -0.0111. The molecule has 1 aliphatic rings. The highest BCUT2D eigenvalue weighted by Crippen LogP contribution is 2.38. The average Bonchev–Trinajstić information content (AvgIpc) is 2.84. The SMILES string of the molecule is C=CC[C@@H]1O[C@H](C[C@H](O)CO)[C@H](C)[C@H]1CS(=O)(=O)c1ccccc1. The highest BCUT2D eigenvalue weighted by Gasteiger charge is 2.43. The van der Waals surface area contributed by atoms with Gasteiger partial charge in [-0.1, -0.05) is 31.2 Å². The van der Waals surface area contributed by atoms with Gasteiger partial charge in [0.15, 0.2) is 9.84 Å². The summed E-state index contributed by atoms with van der Waals surface area (Å²) in [6.45, 7) is 5.34. The first-order valence-electron chi connectivity index (χ1n) is 8.22. The number of ether oxygens (including phenoxy) is 1. The van der Waals surface area contributed by atoms with E-state index in [9.17, 15) is 13.5 Å². The lowest BCUT2D eigenvalue weighted by atomic mass is 9.87. The van der Waals surface area contributed by atoms with E-state index in [2.05, 4.69) is 6.58 Å². The normalized spacial score (nSPS) is 28.6. The van der Waals surface area contributed by atoms with Crippen LogP contribution in [0.15, 0.2) is 47.9 Å². The second-order valence-corrected chi connectivity index (χ2v) is 8.46. The molecule has 0 saturated carbocycles. The minimum atomic E-state index is -3.41. The standard InChI is InChI=1S/C18H26O5S/c1-3-7-17-16(13(2)18(23-17)10-14(20)11-19)12-24(21,22)15-8-5-4-6-9-15/h3-6,8-9,13-14,16-20H,1,7,10-12H2,2H3/t13-,14+,16-,17+,18-/m1/s1. The zero-order chi connectivity index (χ0) is 17.7. The molecule has 0 bridgehead atoms. The summed E-state index contributed by atoms with van der Waals surface area (Å²) < 4.78 is 31.4. The monoisotopic (exact) mass is 354 g/mol. The minimum absolute atomic E-state index is 0.00239. The number of hydrogen-bond donors (Lipinski definition) is 2. The first-order valence-corrected chi connectivity index (χ1v) is 9.87. The largest absolute Gasteiger partial charge is 0.394 e. The van der Waals surface area contributed by atoms with Gasteiger partial charge >= 0.3 is 0 Å².